The van der Waals surface area contributed by atoms with Gasteiger partial charge in [0.05, 0.1) is 5.69 Å². The number of likely N-dealkylation sites (tertiary alicyclic amines) is 1. The lowest BCUT2D eigenvalue weighted by Crippen LogP contribution is -2.38. The number of nitrogens with one attached hydrogen (secondary N) is 2. The predicted molar refractivity (Wildman–Crippen MR) is 95.7 cm³/mol. The number of rotatable bonds is 3. The van der Waals surface area contributed by atoms with Crippen LogP contribution in [0.5, 0.6) is 0 Å². The average Bonchev–Trinajstić information content (AvgIpc) is 3.17. The highest BCUT2D eigenvalue weighted by molar-refractivity contribution is 5.85. The first-order chi connectivity index (χ1) is 10.8. The molecule has 0 saturated carbocycles. The van der Waals surface area contributed by atoms with Crippen molar-refractivity contribution in [3.63, 3.8) is 0 Å². The van der Waals surface area contributed by atoms with Gasteiger partial charge in [0.15, 0.2) is 0 Å². The van der Waals surface area contributed by atoms with Gasteiger partial charge in [-0.3, -0.25) is 10.00 Å². The number of halogens is 1. The molecule has 0 aliphatic carbocycles. The summed E-state index contributed by atoms with van der Waals surface area (Å²) in [5.74, 6) is 0. The van der Waals surface area contributed by atoms with Gasteiger partial charge >= 0.3 is 0 Å². The van der Waals surface area contributed by atoms with Crippen LogP contribution in [0.2, 0.25) is 0 Å². The molecule has 3 heterocycles. The van der Waals surface area contributed by atoms with Gasteiger partial charge in [-0.05, 0) is 50.4 Å². The van der Waals surface area contributed by atoms with Crippen LogP contribution < -0.4 is 5.32 Å². The molecule has 2 fully saturated rings. The van der Waals surface area contributed by atoms with Gasteiger partial charge in [-0.15, -0.1) is 12.4 Å². The van der Waals surface area contributed by atoms with E-state index in [9.17, 15) is 0 Å². The van der Waals surface area contributed by atoms with Crippen molar-refractivity contribution < 1.29 is 0 Å². The number of hydrogen-bond donors (Lipinski definition) is 2. The number of piperidine rings is 1. The van der Waals surface area contributed by atoms with E-state index >= 15 is 0 Å². The van der Waals surface area contributed by atoms with Crippen LogP contribution in [-0.2, 0) is 6.54 Å². The maximum Gasteiger partial charge on any atom is 0.0924 e. The summed E-state index contributed by atoms with van der Waals surface area (Å²) in [5.41, 5.74) is 4.03. The lowest BCUT2D eigenvalue weighted by atomic mass is 9.78. The fourth-order valence-corrected chi connectivity index (χ4v) is 3.97. The summed E-state index contributed by atoms with van der Waals surface area (Å²) in [6.07, 6.45) is 4.03. The third-order valence-electron chi connectivity index (χ3n) is 5.28. The SMILES string of the molecule is Cl.c1ccc(-c2cc(CN3CCC4(CCNCC4)C3)[nH]n2)cc1. The number of aromatic amines is 1. The Bertz CT molecular complexity index is 619. The second kappa shape index (κ2) is 7.04. The topological polar surface area (TPSA) is 44.0 Å². The second-order valence-electron chi connectivity index (χ2n) is 6.86. The van der Waals surface area contributed by atoms with Crippen LogP contribution in [0.4, 0.5) is 0 Å². The van der Waals surface area contributed by atoms with Gasteiger partial charge in [-0.2, -0.15) is 5.10 Å². The molecule has 4 nitrogen and oxygen atoms in total. The molecule has 23 heavy (non-hydrogen) atoms. The Balaban J connectivity index is 0.00000156. The van der Waals surface area contributed by atoms with E-state index < -0.39 is 0 Å². The molecule has 124 valence electrons. The van der Waals surface area contributed by atoms with E-state index in [0.717, 1.165) is 12.2 Å². The third kappa shape index (κ3) is 3.60. The standard InChI is InChI=1S/C18H24N4.ClH/c1-2-4-15(5-3-1)17-12-16(20-21-17)13-22-11-8-18(14-22)6-9-19-10-7-18;/h1-5,12,19H,6-11,13-14H2,(H,20,21);1H. The summed E-state index contributed by atoms with van der Waals surface area (Å²) >= 11 is 0. The molecular formula is C18H25ClN4. The fraction of sp³-hybridized carbons (Fsp3) is 0.500. The number of aromatic nitrogens is 2. The van der Waals surface area contributed by atoms with Gasteiger partial charge in [-0.1, -0.05) is 30.3 Å². The van der Waals surface area contributed by atoms with Gasteiger partial charge in [0.1, 0.15) is 0 Å². The summed E-state index contributed by atoms with van der Waals surface area (Å²) in [4.78, 5) is 2.59. The first-order valence-corrected chi connectivity index (χ1v) is 8.36. The first-order valence-electron chi connectivity index (χ1n) is 8.36. The second-order valence-corrected chi connectivity index (χ2v) is 6.86. The summed E-state index contributed by atoms with van der Waals surface area (Å²) in [5, 5.41) is 11.2. The molecular weight excluding hydrogens is 308 g/mol. The van der Waals surface area contributed by atoms with Gasteiger partial charge in [0.2, 0.25) is 0 Å². The molecule has 5 heteroatoms. The molecule has 2 saturated heterocycles. The summed E-state index contributed by atoms with van der Waals surface area (Å²) < 4.78 is 0. The molecule has 0 amide bonds. The zero-order valence-corrected chi connectivity index (χ0v) is 14.2. The Morgan fingerprint density at radius 1 is 1.09 bits per heavy atom. The molecule has 1 aromatic carbocycles. The van der Waals surface area contributed by atoms with Crippen molar-refractivity contribution in [2.75, 3.05) is 26.2 Å². The third-order valence-corrected chi connectivity index (χ3v) is 5.28. The van der Waals surface area contributed by atoms with Crippen LogP contribution in [0.15, 0.2) is 36.4 Å². The van der Waals surface area contributed by atoms with E-state index in [1.54, 1.807) is 0 Å². The van der Waals surface area contributed by atoms with E-state index in [0.29, 0.717) is 5.41 Å². The lowest BCUT2D eigenvalue weighted by molar-refractivity contribution is 0.193. The smallest absolute Gasteiger partial charge is 0.0924 e. The van der Waals surface area contributed by atoms with Crippen LogP contribution in [0.25, 0.3) is 11.3 Å². The van der Waals surface area contributed by atoms with E-state index in [4.69, 9.17) is 0 Å². The van der Waals surface area contributed by atoms with Crippen molar-refractivity contribution in [3.8, 4) is 11.3 Å². The highest BCUT2D eigenvalue weighted by Crippen LogP contribution is 2.39. The lowest BCUT2D eigenvalue weighted by Gasteiger charge is -2.33. The van der Waals surface area contributed by atoms with Crippen LogP contribution in [0, 0.1) is 5.41 Å². The molecule has 0 radical (unpaired) electrons. The minimum absolute atomic E-state index is 0. The molecule has 0 bridgehead atoms. The monoisotopic (exact) mass is 332 g/mol. The van der Waals surface area contributed by atoms with E-state index in [-0.39, 0.29) is 12.4 Å². The van der Waals surface area contributed by atoms with Crippen molar-refractivity contribution in [2.45, 2.75) is 25.8 Å². The van der Waals surface area contributed by atoms with Crippen molar-refractivity contribution in [1.29, 1.82) is 0 Å². The zero-order valence-electron chi connectivity index (χ0n) is 13.4. The molecule has 2 aromatic rings. The normalized spacial score (nSPS) is 20.5. The molecule has 2 aliphatic heterocycles. The molecule has 2 N–H and O–H groups in total. The maximum absolute atomic E-state index is 4.47. The molecule has 1 aromatic heterocycles. The van der Waals surface area contributed by atoms with Crippen LogP contribution >= 0.6 is 12.4 Å². The van der Waals surface area contributed by atoms with E-state index in [1.165, 1.54) is 56.7 Å². The minimum atomic E-state index is 0. The summed E-state index contributed by atoms with van der Waals surface area (Å²) in [6.45, 7) is 5.84. The predicted octanol–water partition coefficient (Wildman–Crippen LogP) is 3.07. The first kappa shape index (κ1) is 16.5. The number of nitrogens with zero attached hydrogens (tertiary/aromatic N) is 2. The number of hydrogen-bond acceptors (Lipinski definition) is 3. The fourth-order valence-electron chi connectivity index (χ4n) is 3.97. The molecule has 2 aliphatic rings. The van der Waals surface area contributed by atoms with Gasteiger partial charge in [0, 0.05) is 24.3 Å². The Labute approximate surface area is 144 Å². The maximum atomic E-state index is 4.47. The van der Waals surface area contributed by atoms with Crippen molar-refractivity contribution in [3.05, 3.63) is 42.1 Å². The van der Waals surface area contributed by atoms with E-state index in [1.807, 2.05) is 6.07 Å². The summed E-state index contributed by atoms with van der Waals surface area (Å²) in [6, 6.07) is 12.6. The highest BCUT2D eigenvalue weighted by Gasteiger charge is 2.38. The Morgan fingerprint density at radius 3 is 2.65 bits per heavy atom. The minimum Gasteiger partial charge on any atom is -0.317 e. The largest absolute Gasteiger partial charge is 0.317 e. The molecule has 0 atom stereocenters. The van der Waals surface area contributed by atoms with Crippen molar-refractivity contribution >= 4 is 12.4 Å². The van der Waals surface area contributed by atoms with E-state index in [2.05, 4.69) is 50.7 Å². The zero-order chi connectivity index (χ0) is 14.8. The van der Waals surface area contributed by atoms with Gasteiger partial charge in [0.25, 0.3) is 0 Å². The molecule has 0 unspecified atom stereocenters. The number of benzene rings is 1. The quantitative estimate of drug-likeness (QED) is 0.908. The molecule has 1 spiro atoms. The highest BCUT2D eigenvalue weighted by atomic mass is 35.5. The summed E-state index contributed by atoms with van der Waals surface area (Å²) in [7, 11) is 0. The van der Waals surface area contributed by atoms with Crippen molar-refractivity contribution in [1.82, 2.24) is 20.4 Å². The number of H-pyrrole nitrogens is 1. The Kier molecular flexibility index (Phi) is 5.05. The Hall–Kier alpha value is -1.36. The van der Waals surface area contributed by atoms with Crippen LogP contribution in [0.3, 0.4) is 0 Å². The Morgan fingerprint density at radius 2 is 1.87 bits per heavy atom. The van der Waals surface area contributed by atoms with Crippen molar-refractivity contribution in [2.24, 2.45) is 5.41 Å². The van der Waals surface area contributed by atoms with Gasteiger partial charge < -0.3 is 5.32 Å². The van der Waals surface area contributed by atoms with Gasteiger partial charge in [-0.25, -0.2) is 0 Å². The average molecular weight is 333 g/mol. The van der Waals surface area contributed by atoms with Crippen LogP contribution in [-0.4, -0.2) is 41.3 Å². The molecule has 4 rings (SSSR count). The van der Waals surface area contributed by atoms with Crippen LogP contribution in [0.1, 0.15) is 25.0 Å².